The molecule has 0 aliphatic heterocycles. The highest BCUT2D eigenvalue weighted by Crippen LogP contribution is 2.18. The van der Waals surface area contributed by atoms with Gasteiger partial charge in [0.05, 0.1) is 0 Å². The molecule has 0 unspecified atom stereocenters. The molecule has 1 aromatic carbocycles. The first kappa shape index (κ1) is 11.0. The minimum Gasteiger partial charge on any atom is -0.294 e. The Hall–Kier alpha value is -1.11. The monoisotopic (exact) mass is 190 g/mol. The molecule has 1 heteroatoms. The van der Waals surface area contributed by atoms with E-state index in [0.29, 0.717) is 0 Å². The molecule has 14 heavy (non-hydrogen) atoms. The van der Waals surface area contributed by atoms with Gasteiger partial charge in [0.15, 0.2) is 5.78 Å². The van der Waals surface area contributed by atoms with Crippen molar-refractivity contribution in [1.29, 1.82) is 0 Å². The van der Waals surface area contributed by atoms with Gasteiger partial charge in [-0.05, 0) is 24.5 Å². The summed E-state index contributed by atoms with van der Waals surface area (Å²) in [6.07, 6.45) is 0.931. The summed E-state index contributed by atoms with van der Waals surface area (Å²) >= 11 is 0. The molecule has 0 heterocycles. The summed E-state index contributed by atoms with van der Waals surface area (Å²) in [4.78, 5) is 11.9. The third-order valence-corrected chi connectivity index (χ3v) is 2.55. The lowest BCUT2D eigenvalue weighted by Crippen LogP contribution is -2.11. The van der Waals surface area contributed by atoms with Crippen molar-refractivity contribution in [3.05, 3.63) is 34.9 Å². The fourth-order valence-electron chi connectivity index (χ4n) is 1.71. The van der Waals surface area contributed by atoms with Crippen LogP contribution in [0.15, 0.2) is 18.2 Å². The Bertz CT molecular complexity index is 337. The van der Waals surface area contributed by atoms with Crippen molar-refractivity contribution in [2.75, 3.05) is 0 Å². The molecule has 0 fully saturated rings. The first-order chi connectivity index (χ1) is 6.57. The van der Waals surface area contributed by atoms with E-state index in [1.54, 1.807) is 0 Å². The molecule has 0 radical (unpaired) electrons. The molecule has 0 bridgehead atoms. The molecule has 0 aliphatic rings. The van der Waals surface area contributed by atoms with Crippen LogP contribution in [0, 0.1) is 12.8 Å². The molecular formula is C13H18O. The van der Waals surface area contributed by atoms with Crippen LogP contribution in [0.25, 0.3) is 0 Å². The number of hydrogen-bond acceptors (Lipinski definition) is 1. The van der Waals surface area contributed by atoms with E-state index in [2.05, 4.69) is 19.9 Å². The Morgan fingerprint density at radius 2 is 2.00 bits per heavy atom. The molecule has 0 saturated carbocycles. The van der Waals surface area contributed by atoms with Gasteiger partial charge < -0.3 is 0 Å². The first-order valence-corrected chi connectivity index (χ1v) is 5.20. The molecule has 0 spiro atoms. The van der Waals surface area contributed by atoms with E-state index in [-0.39, 0.29) is 11.7 Å². The SMILES string of the molecule is CCc1c(C)cccc1C(=O)C(C)C. The van der Waals surface area contributed by atoms with Gasteiger partial charge in [-0.15, -0.1) is 0 Å². The smallest absolute Gasteiger partial charge is 0.165 e. The molecule has 1 aromatic rings. The Labute approximate surface area is 86.1 Å². The van der Waals surface area contributed by atoms with Gasteiger partial charge in [0.1, 0.15) is 0 Å². The van der Waals surface area contributed by atoms with Gasteiger partial charge in [-0.3, -0.25) is 4.79 Å². The Morgan fingerprint density at radius 1 is 1.36 bits per heavy atom. The summed E-state index contributed by atoms with van der Waals surface area (Å²) in [6, 6.07) is 5.97. The summed E-state index contributed by atoms with van der Waals surface area (Å²) in [5.74, 6) is 0.340. The second kappa shape index (κ2) is 4.41. The molecule has 0 N–H and O–H groups in total. The fraction of sp³-hybridized carbons (Fsp3) is 0.462. The molecule has 0 aliphatic carbocycles. The van der Waals surface area contributed by atoms with Crippen LogP contribution in [-0.4, -0.2) is 5.78 Å². The van der Waals surface area contributed by atoms with Crippen molar-refractivity contribution >= 4 is 5.78 Å². The maximum absolute atomic E-state index is 11.9. The molecule has 0 aromatic heterocycles. The van der Waals surface area contributed by atoms with E-state index in [1.165, 1.54) is 11.1 Å². The van der Waals surface area contributed by atoms with Crippen molar-refractivity contribution in [3.8, 4) is 0 Å². The zero-order valence-corrected chi connectivity index (χ0v) is 9.42. The van der Waals surface area contributed by atoms with Gasteiger partial charge >= 0.3 is 0 Å². The number of hydrogen-bond donors (Lipinski definition) is 0. The largest absolute Gasteiger partial charge is 0.294 e. The predicted molar refractivity (Wildman–Crippen MR) is 59.7 cm³/mol. The van der Waals surface area contributed by atoms with E-state index in [9.17, 15) is 4.79 Å². The van der Waals surface area contributed by atoms with Gasteiger partial charge in [0, 0.05) is 11.5 Å². The van der Waals surface area contributed by atoms with Crippen molar-refractivity contribution in [3.63, 3.8) is 0 Å². The minimum absolute atomic E-state index is 0.0853. The first-order valence-electron chi connectivity index (χ1n) is 5.20. The van der Waals surface area contributed by atoms with Gasteiger partial charge in [-0.25, -0.2) is 0 Å². The highest BCUT2D eigenvalue weighted by Gasteiger charge is 2.14. The van der Waals surface area contributed by atoms with Crippen molar-refractivity contribution in [2.45, 2.75) is 34.1 Å². The van der Waals surface area contributed by atoms with Crippen LogP contribution in [0.4, 0.5) is 0 Å². The van der Waals surface area contributed by atoms with Gasteiger partial charge in [-0.1, -0.05) is 39.0 Å². The normalized spacial score (nSPS) is 10.6. The van der Waals surface area contributed by atoms with E-state index >= 15 is 0 Å². The number of carbonyl (C=O) groups excluding carboxylic acids is 1. The molecule has 76 valence electrons. The highest BCUT2D eigenvalue weighted by molar-refractivity contribution is 5.99. The number of rotatable bonds is 3. The summed E-state index contributed by atoms with van der Waals surface area (Å²) in [7, 11) is 0. The highest BCUT2D eigenvalue weighted by atomic mass is 16.1. The average molecular weight is 190 g/mol. The number of ketones is 1. The summed E-state index contributed by atoms with van der Waals surface area (Å²) in [6.45, 7) is 8.06. The van der Waals surface area contributed by atoms with Gasteiger partial charge in [-0.2, -0.15) is 0 Å². The van der Waals surface area contributed by atoms with E-state index in [0.717, 1.165) is 12.0 Å². The zero-order valence-electron chi connectivity index (χ0n) is 9.42. The van der Waals surface area contributed by atoms with Crippen LogP contribution in [0.3, 0.4) is 0 Å². The van der Waals surface area contributed by atoms with E-state index < -0.39 is 0 Å². The summed E-state index contributed by atoms with van der Waals surface area (Å²) < 4.78 is 0. The Kier molecular flexibility index (Phi) is 3.45. The lowest BCUT2D eigenvalue weighted by atomic mass is 9.92. The van der Waals surface area contributed by atoms with Crippen LogP contribution < -0.4 is 0 Å². The van der Waals surface area contributed by atoms with Crippen molar-refractivity contribution in [2.24, 2.45) is 5.92 Å². The quantitative estimate of drug-likeness (QED) is 0.668. The predicted octanol–water partition coefficient (Wildman–Crippen LogP) is 3.40. The average Bonchev–Trinajstić information content (AvgIpc) is 2.16. The summed E-state index contributed by atoms with van der Waals surface area (Å²) in [5.41, 5.74) is 3.33. The topological polar surface area (TPSA) is 17.1 Å². The zero-order chi connectivity index (χ0) is 10.7. The van der Waals surface area contributed by atoms with Crippen molar-refractivity contribution < 1.29 is 4.79 Å². The van der Waals surface area contributed by atoms with Crippen LogP contribution in [0.1, 0.15) is 42.3 Å². The number of carbonyl (C=O) groups is 1. The lowest BCUT2D eigenvalue weighted by molar-refractivity contribution is 0.0938. The standard InChI is InChI=1S/C13H18O/c1-5-11-10(4)7-6-8-12(11)13(14)9(2)3/h6-9H,5H2,1-4H3. The van der Waals surface area contributed by atoms with Crippen LogP contribution in [-0.2, 0) is 6.42 Å². The summed E-state index contributed by atoms with van der Waals surface area (Å²) in [5, 5.41) is 0. The van der Waals surface area contributed by atoms with Crippen LogP contribution >= 0.6 is 0 Å². The Morgan fingerprint density at radius 3 is 2.50 bits per heavy atom. The molecule has 0 saturated heterocycles. The molecule has 1 rings (SSSR count). The number of aryl methyl sites for hydroxylation is 1. The lowest BCUT2D eigenvalue weighted by Gasteiger charge is -2.11. The fourth-order valence-corrected chi connectivity index (χ4v) is 1.71. The molecular weight excluding hydrogens is 172 g/mol. The number of benzene rings is 1. The molecule has 0 atom stereocenters. The second-order valence-electron chi connectivity index (χ2n) is 3.97. The third-order valence-electron chi connectivity index (χ3n) is 2.55. The second-order valence-corrected chi connectivity index (χ2v) is 3.97. The van der Waals surface area contributed by atoms with Gasteiger partial charge in [0.25, 0.3) is 0 Å². The van der Waals surface area contributed by atoms with Crippen LogP contribution in [0.2, 0.25) is 0 Å². The Balaban J connectivity index is 3.20. The van der Waals surface area contributed by atoms with Gasteiger partial charge in [0.2, 0.25) is 0 Å². The van der Waals surface area contributed by atoms with E-state index in [4.69, 9.17) is 0 Å². The number of Topliss-reactive ketones (excluding diaryl/α,β-unsaturated/α-hetero) is 1. The van der Waals surface area contributed by atoms with Crippen LogP contribution in [0.5, 0.6) is 0 Å². The maximum atomic E-state index is 11.9. The van der Waals surface area contributed by atoms with Crippen molar-refractivity contribution in [1.82, 2.24) is 0 Å². The van der Waals surface area contributed by atoms with E-state index in [1.807, 2.05) is 26.0 Å². The minimum atomic E-state index is 0.0853. The molecule has 0 amide bonds. The maximum Gasteiger partial charge on any atom is 0.165 e. The molecule has 1 nitrogen and oxygen atoms in total. The third kappa shape index (κ3) is 2.03.